The van der Waals surface area contributed by atoms with Gasteiger partial charge in [0.05, 0.1) is 10.4 Å². The van der Waals surface area contributed by atoms with E-state index in [0.29, 0.717) is 11.5 Å². The Morgan fingerprint density at radius 1 is 1.29 bits per heavy atom. The smallest absolute Gasteiger partial charge is 0.264 e. The van der Waals surface area contributed by atoms with Gasteiger partial charge in [-0.2, -0.15) is 0 Å². The highest BCUT2D eigenvalue weighted by molar-refractivity contribution is 9.10. The summed E-state index contributed by atoms with van der Waals surface area (Å²) in [6, 6.07) is 5.32. The van der Waals surface area contributed by atoms with Gasteiger partial charge in [0.2, 0.25) is 10.0 Å². The molecular formula is C20H26BrN3O3S. The van der Waals surface area contributed by atoms with Crippen molar-refractivity contribution in [1.29, 1.82) is 0 Å². The standard InChI is InChI=1S/C20H26BrN3O3S/c1-24(2)11-6-12-28(26,27)23-20(25)15-9-10-16-17(13-15)22-19(21)18(16)14-7-4-3-5-8-14/h6,9-11,13-14,22H,3-5,7-8,12H2,1-2H3,(H,23,25). The molecule has 0 radical (unpaired) electrons. The Bertz CT molecular complexity index is 990. The maximum atomic E-state index is 12.4. The van der Waals surface area contributed by atoms with E-state index in [2.05, 4.69) is 25.6 Å². The summed E-state index contributed by atoms with van der Waals surface area (Å²) in [6.07, 6.45) is 9.25. The van der Waals surface area contributed by atoms with Crippen LogP contribution in [0.25, 0.3) is 10.9 Å². The van der Waals surface area contributed by atoms with E-state index in [1.165, 1.54) is 43.7 Å². The number of nitrogens with one attached hydrogen (secondary N) is 2. The normalized spacial score (nSPS) is 16.0. The van der Waals surface area contributed by atoms with Gasteiger partial charge < -0.3 is 9.88 Å². The van der Waals surface area contributed by atoms with Crippen molar-refractivity contribution < 1.29 is 13.2 Å². The summed E-state index contributed by atoms with van der Waals surface area (Å²) in [7, 11) is -0.133. The van der Waals surface area contributed by atoms with Gasteiger partial charge >= 0.3 is 0 Å². The fourth-order valence-corrected chi connectivity index (χ4v) is 5.31. The van der Waals surface area contributed by atoms with Crippen molar-refractivity contribution in [2.75, 3.05) is 19.8 Å². The van der Waals surface area contributed by atoms with Crippen molar-refractivity contribution >= 4 is 42.8 Å². The quantitative estimate of drug-likeness (QED) is 0.669. The zero-order valence-corrected chi connectivity index (χ0v) is 18.6. The van der Waals surface area contributed by atoms with Crippen LogP contribution in [0.4, 0.5) is 0 Å². The molecule has 1 aromatic heterocycles. The number of hydrogen-bond donors (Lipinski definition) is 2. The average Bonchev–Trinajstić information content (AvgIpc) is 2.96. The molecule has 0 unspecified atom stereocenters. The lowest BCUT2D eigenvalue weighted by atomic mass is 9.84. The predicted octanol–water partition coefficient (Wildman–Crippen LogP) is 4.11. The summed E-state index contributed by atoms with van der Waals surface area (Å²) < 4.78 is 27.3. The number of carbonyl (C=O) groups excluding carboxylic acids is 1. The molecular weight excluding hydrogens is 442 g/mol. The molecule has 2 aromatic rings. The van der Waals surface area contributed by atoms with Crippen LogP contribution < -0.4 is 4.72 Å². The number of aromatic amines is 1. The first-order chi connectivity index (χ1) is 13.3. The molecule has 2 N–H and O–H groups in total. The molecule has 0 aliphatic heterocycles. The van der Waals surface area contributed by atoms with Gasteiger partial charge in [-0.05, 0) is 58.6 Å². The first kappa shape index (κ1) is 20.9. The van der Waals surface area contributed by atoms with E-state index < -0.39 is 15.9 Å². The predicted molar refractivity (Wildman–Crippen MR) is 116 cm³/mol. The fraction of sp³-hybridized carbons (Fsp3) is 0.450. The van der Waals surface area contributed by atoms with E-state index >= 15 is 0 Å². The van der Waals surface area contributed by atoms with Gasteiger partial charge in [-0.3, -0.25) is 4.79 Å². The minimum Gasteiger partial charge on any atom is -0.384 e. The van der Waals surface area contributed by atoms with Crippen molar-refractivity contribution in [3.63, 3.8) is 0 Å². The number of carbonyl (C=O) groups is 1. The molecule has 1 fully saturated rings. The molecule has 1 aliphatic carbocycles. The van der Waals surface area contributed by atoms with Gasteiger partial charge in [-0.25, -0.2) is 13.1 Å². The summed E-state index contributed by atoms with van der Waals surface area (Å²) in [5.74, 6) is -0.357. The Kier molecular flexibility index (Phi) is 6.50. The molecule has 1 amide bonds. The number of nitrogens with zero attached hydrogens (tertiary/aromatic N) is 1. The first-order valence-electron chi connectivity index (χ1n) is 9.46. The van der Waals surface area contributed by atoms with Crippen molar-refractivity contribution in [3.05, 3.63) is 46.2 Å². The molecule has 3 rings (SSSR count). The van der Waals surface area contributed by atoms with Gasteiger partial charge in [0.1, 0.15) is 0 Å². The molecule has 1 heterocycles. The highest BCUT2D eigenvalue weighted by atomic mass is 79.9. The van der Waals surface area contributed by atoms with E-state index in [-0.39, 0.29) is 5.75 Å². The van der Waals surface area contributed by atoms with Crippen LogP contribution in [0.15, 0.2) is 35.1 Å². The van der Waals surface area contributed by atoms with E-state index in [1.54, 1.807) is 37.3 Å². The zero-order chi connectivity index (χ0) is 20.3. The second-order valence-corrected chi connectivity index (χ2v) is 10.1. The number of rotatable bonds is 6. The number of amides is 1. The van der Waals surface area contributed by atoms with Gasteiger partial charge in [0.25, 0.3) is 5.91 Å². The van der Waals surface area contributed by atoms with Crippen LogP contribution in [0, 0.1) is 0 Å². The van der Waals surface area contributed by atoms with E-state index in [4.69, 9.17) is 0 Å². The third-order valence-corrected chi connectivity index (χ3v) is 6.79. The summed E-state index contributed by atoms with van der Waals surface area (Å²) in [5, 5.41) is 1.09. The first-order valence-corrected chi connectivity index (χ1v) is 11.9. The molecule has 0 atom stereocenters. The lowest BCUT2D eigenvalue weighted by Gasteiger charge is -2.21. The van der Waals surface area contributed by atoms with Crippen molar-refractivity contribution in [1.82, 2.24) is 14.6 Å². The molecule has 152 valence electrons. The summed E-state index contributed by atoms with van der Waals surface area (Å²) in [4.78, 5) is 17.5. The monoisotopic (exact) mass is 467 g/mol. The van der Waals surface area contributed by atoms with Gasteiger partial charge in [-0.1, -0.05) is 31.4 Å². The van der Waals surface area contributed by atoms with E-state index in [1.807, 2.05) is 6.07 Å². The number of sulfonamides is 1. The van der Waals surface area contributed by atoms with E-state index in [0.717, 1.165) is 15.5 Å². The zero-order valence-electron chi connectivity index (χ0n) is 16.2. The Morgan fingerprint density at radius 3 is 2.68 bits per heavy atom. The van der Waals surface area contributed by atoms with Crippen LogP contribution in [0.2, 0.25) is 0 Å². The Balaban J connectivity index is 1.79. The van der Waals surface area contributed by atoms with Crippen LogP contribution >= 0.6 is 15.9 Å². The molecule has 1 aromatic carbocycles. The highest BCUT2D eigenvalue weighted by Gasteiger charge is 2.23. The number of H-pyrrole nitrogens is 1. The molecule has 6 nitrogen and oxygen atoms in total. The molecule has 8 heteroatoms. The minimum absolute atomic E-state index is 0.251. The highest BCUT2D eigenvalue weighted by Crippen LogP contribution is 2.40. The Hall–Kier alpha value is -1.80. The number of fused-ring (bicyclic) bond motifs is 1. The van der Waals surface area contributed by atoms with E-state index in [9.17, 15) is 13.2 Å². The summed E-state index contributed by atoms with van der Waals surface area (Å²) >= 11 is 3.63. The van der Waals surface area contributed by atoms with Crippen LogP contribution in [0.1, 0.15) is 53.9 Å². The van der Waals surface area contributed by atoms with Crippen molar-refractivity contribution in [2.45, 2.75) is 38.0 Å². The summed E-state index contributed by atoms with van der Waals surface area (Å²) in [6.45, 7) is 0. The lowest BCUT2D eigenvalue weighted by molar-refractivity contribution is 0.0981. The van der Waals surface area contributed by atoms with Gasteiger partial charge in [0.15, 0.2) is 0 Å². The maximum absolute atomic E-state index is 12.4. The molecule has 1 aliphatic rings. The van der Waals surface area contributed by atoms with Crippen LogP contribution in [-0.4, -0.2) is 44.1 Å². The fourth-order valence-electron chi connectivity index (χ4n) is 3.74. The number of aromatic nitrogens is 1. The molecule has 1 saturated carbocycles. The maximum Gasteiger partial charge on any atom is 0.264 e. The van der Waals surface area contributed by atoms with Crippen LogP contribution in [0.5, 0.6) is 0 Å². The second-order valence-electron chi connectivity index (χ2n) is 7.51. The third-order valence-electron chi connectivity index (χ3n) is 5.03. The average molecular weight is 468 g/mol. The lowest BCUT2D eigenvalue weighted by Crippen LogP contribution is -2.32. The van der Waals surface area contributed by atoms with Crippen LogP contribution in [0.3, 0.4) is 0 Å². The van der Waals surface area contributed by atoms with Gasteiger partial charge in [-0.15, -0.1) is 0 Å². The SMILES string of the molecule is CN(C)C=CCS(=O)(=O)NC(=O)c1ccc2c(C3CCCCC3)c(Br)[nH]c2c1. The third kappa shape index (κ3) is 4.97. The summed E-state index contributed by atoms with van der Waals surface area (Å²) in [5.41, 5.74) is 2.42. The Labute approximate surface area is 174 Å². The molecule has 0 spiro atoms. The largest absolute Gasteiger partial charge is 0.384 e. The molecule has 0 bridgehead atoms. The number of halogens is 1. The topological polar surface area (TPSA) is 82.3 Å². The van der Waals surface area contributed by atoms with Crippen molar-refractivity contribution in [3.8, 4) is 0 Å². The number of hydrogen-bond acceptors (Lipinski definition) is 4. The molecule has 28 heavy (non-hydrogen) atoms. The van der Waals surface area contributed by atoms with Gasteiger partial charge in [0, 0.05) is 30.6 Å². The van der Waals surface area contributed by atoms with Crippen LogP contribution in [-0.2, 0) is 10.0 Å². The minimum atomic E-state index is -3.73. The number of benzene rings is 1. The second kappa shape index (κ2) is 8.69. The van der Waals surface area contributed by atoms with Crippen molar-refractivity contribution in [2.24, 2.45) is 0 Å². The molecule has 0 saturated heterocycles. The Morgan fingerprint density at radius 2 is 2.00 bits per heavy atom.